The van der Waals surface area contributed by atoms with Gasteiger partial charge in [-0.3, -0.25) is 14.9 Å². The second-order valence-electron chi connectivity index (χ2n) is 8.21. The van der Waals surface area contributed by atoms with E-state index in [2.05, 4.69) is 20.6 Å². The van der Waals surface area contributed by atoms with E-state index >= 15 is 0 Å². The van der Waals surface area contributed by atoms with Crippen molar-refractivity contribution in [2.75, 3.05) is 18.5 Å². The van der Waals surface area contributed by atoms with Crippen LogP contribution in [-0.4, -0.2) is 44.6 Å². The molecule has 9 nitrogen and oxygen atoms in total. The van der Waals surface area contributed by atoms with E-state index in [1.165, 1.54) is 31.5 Å². The number of hydrogen-bond donors (Lipinski definition) is 3. The van der Waals surface area contributed by atoms with Gasteiger partial charge in [-0.05, 0) is 37.6 Å². The van der Waals surface area contributed by atoms with Gasteiger partial charge in [-0.15, -0.1) is 11.3 Å². The lowest BCUT2D eigenvalue weighted by Gasteiger charge is -2.15. The van der Waals surface area contributed by atoms with Crippen LogP contribution in [0, 0.1) is 0 Å². The monoisotopic (exact) mass is 545 g/mol. The fourth-order valence-electron chi connectivity index (χ4n) is 3.88. The van der Waals surface area contributed by atoms with Crippen LogP contribution >= 0.6 is 11.3 Å². The molecule has 3 N–H and O–H groups in total. The molecule has 38 heavy (non-hydrogen) atoms. The van der Waals surface area contributed by atoms with Gasteiger partial charge in [-0.25, -0.2) is 14.8 Å². The molecule has 0 aliphatic rings. The van der Waals surface area contributed by atoms with Crippen molar-refractivity contribution < 1.29 is 27.9 Å². The number of amides is 2. The minimum Gasteiger partial charge on any atom is -0.395 e. The van der Waals surface area contributed by atoms with Crippen LogP contribution in [0.1, 0.15) is 29.9 Å². The lowest BCUT2D eigenvalue weighted by atomic mass is 9.99. The average Bonchev–Trinajstić information content (AvgIpc) is 3.36. The first kappa shape index (κ1) is 26.9. The van der Waals surface area contributed by atoms with Gasteiger partial charge >= 0.3 is 12.2 Å². The molecule has 3 heterocycles. The number of benzene rings is 1. The summed E-state index contributed by atoms with van der Waals surface area (Å²) in [5, 5.41) is 15.8. The van der Waals surface area contributed by atoms with Crippen LogP contribution in [0.4, 0.5) is 23.8 Å². The molecule has 3 aromatic heterocycles. The zero-order valence-electron chi connectivity index (χ0n) is 20.2. The highest BCUT2D eigenvalue weighted by Crippen LogP contribution is 2.39. The standard InChI is InChI=1S/C25H22F3N5O4S/c1-3-29-24(37)32-21-9-16(23-31-20(12-38-23)25(26,27)28)17(10-30-21)14-4-5-15-19(8-14)33(6-7-34)11-18(13(2)35)22(15)36/h4-5,8-12,34H,3,6-7H2,1-2H3,(H2,29,30,32,37). The number of Topliss-reactive ketones (excluding diaryl/α,β-unsaturated/α-hetero) is 1. The van der Waals surface area contributed by atoms with Crippen molar-refractivity contribution >= 4 is 39.9 Å². The highest BCUT2D eigenvalue weighted by Gasteiger charge is 2.34. The summed E-state index contributed by atoms with van der Waals surface area (Å²) in [4.78, 5) is 44.9. The third-order valence-corrected chi connectivity index (χ3v) is 6.50. The molecule has 0 saturated heterocycles. The Morgan fingerprint density at radius 1 is 1.18 bits per heavy atom. The van der Waals surface area contributed by atoms with E-state index in [1.54, 1.807) is 23.6 Å². The maximum absolute atomic E-state index is 13.3. The Morgan fingerprint density at radius 3 is 2.58 bits per heavy atom. The van der Waals surface area contributed by atoms with Crippen LogP contribution in [0.2, 0.25) is 0 Å². The van der Waals surface area contributed by atoms with E-state index < -0.39 is 29.1 Å². The topological polar surface area (TPSA) is 126 Å². The maximum atomic E-state index is 13.3. The fraction of sp³-hybridized carbons (Fsp3) is 0.240. The predicted octanol–water partition coefficient (Wildman–Crippen LogP) is 4.54. The second-order valence-corrected chi connectivity index (χ2v) is 9.07. The molecule has 0 atom stereocenters. The number of carbonyl (C=O) groups is 2. The van der Waals surface area contributed by atoms with Crippen LogP contribution in [-0.2, 0) is 12.7 Å². The Morgan fingerprint density at radius 2 is 1.95 bits per heavy atom. The number of ketones is 1. The van der Waals surface area contributed by atoms with Crippen LogP contribution in [0.25, 0.3) is 32.6 Å². The normalized spacial score (nSPS) is 11.5. The first-order valence-corrected chi connectivity index (χ1v) is 12.3. The van der Waals surface area contributed by atoms with E-state index in [1.807, 2.05) is 0 Å². The van der Waals surface area contributed by atoms with Gasteiger partial charge in [0, 0.05) is 47.4 Å². The Hall–Kier alpha value is -4.10. The molecule has 4 rings (SSSR count). The number of nitrogens with zero attached hydrogens (tertiary/aromatic N) is 3. The Balaban J connectivity index is 1.92. The summed E-state index contributed by atoms with van der Waals surface area (Å²) < 4.78 is 41.4. The number of fused-ring (bicyclic) bond motifs is 1. The number of alkyl halides is 3. The third kappa shape index (κ3) is 5.43. The molecule has 0 bridgehead atoms. The van der Waals surface area contributed by atoms with Crippen LogP contribution < -0.4 is 16.1 Å². The Labute approximate surface area is 218 Å². The van der Waals surface area contributed by atoms with Gasteiger partial charge in [0.2, 0.25) is 0 Å². The maximum Gasteiger partial charge on any atom is 0.434 e. The molecule has 13 heteroatoms. The van der Waals surface area contributed by atoms with Gasteiger partial charge in [0.1, 0.15) is 10.8 Å². The third-order valence-electron chi connectivity index (χ3n) is 5.62. The summed E-state index contributed by atoms with van der Waals surface area (Å²) >= 11 is 0.786. The molecule has 0 unspecified atom stereocenters. The fourth-order valence-corrected chi connectivity index (χ4v) is 4.74. The van der Waals surface area contributed by atoms with Gasteiger partial charge in [0.05, 0.1) is 17.7 Å². The quantitative estimate of drug-likeness (QED) is 0.293. The van der Waals surface area contributed by atoms with Crippen molar-refractivity contribution in [3.05, 3.63) is 63.5 Å². The van der Waals surface area contributed by atoms with Crippen molar-refractivity contribution in [3.63, 3.8) is 0 Å². The van der Waals surface area contributed by atoms with E-state index in [0.717, 1.165) is 16.7 Å². The van der Waals surface area contributed by atoms with Crippen molar-refractivity contribution in [2.24, 2.45) is 0 Å². The summed E-state index contributed by atoms with van der Waals surface area (Å²) in [7, 11) is 0. The highest BCUT2D eigenvalue weighted by molar-refractivity contribution is 7.13. The Kier molecular flexibility index (Phi) is 7.60. The first-order chi connectivity index (χ1) is 18.0. The minimum atomic E-state index is -4.64. The molecule has 198 valence electrons. The number of hydrogen-bond acceptors (Lipinski definition) is 7. The number of rotatable bonds is 7. The van der Waals surface area contributed by atoms with Crippen molar-refractivity contribution in [1.82, 2.24) is 19.9 Å². The van der Waals surface area contributed by atoms with Crippen LogP contribution in [0.5, 0.6) is 0 Å². The molecule has 1 aromatic carbocycles. The summed E-state index contributed by atoms with van der Waals surface area (Å²) in [6.45, 7) is 3.20. The van der Waals surface area contributed by atoms with Gasteiger partial charge in [0.15, 0.2) is 16.9 Å². The van der Waals surface area contributed by atoms with Crippen LogP contribution in [0.3, 0.4) is 0 Å². The van der Waals surface area contributed by atoms with E-state index in [4.69, 9.17) is 0 Å². The van der Waals surface area contributed by atoms with E-state index in [-0.39, 0.29) is 40.5 Å². The van der Waals surface area contributed by atoms with E-state index in [0.29, 0.717) is 23.2 Å². The number of urea groups is 1. The number of halogens is 3. The molecule has 0 fully saturated rings. The second kappa shape index (κ2) is 10.7. The number of thiazole rings is 1. The predicted molar refractivity (Wildman–Crippen MR) is 137 cm³/mol. The zero-order valence-corrected chi connectivity index (χ0v) is 21.0. The highest BCUT2D eigenvalue weighted by atomic mass is 32.1. The minimum absolute atomic E-state index is 0.0238. The van der Waals surface area contributed by atoms with Gasteiger partial charge in [-0.1, -0.05) is 6.07 Å². The molecule has 0 radical (unpaired) electrons. The van der Waals surface area contributed by atoms with Crippen LogP contribution in [0.15, 0.2) is 46.8 Å². The molecular weight excluding hydrogens is 523 g/mol. The van der Waals surface area contributed by atoms with Crippen molar-refractivity contribution in [1.29, 1.82) is 0 Å². The average molecular weight is 546 g/mol. The molecule has 4 aromatic rings. The molecular formula is C25H22F3N5O4S. The number of nitrogens with one attached hydrogen (secondary N) is 2. The largest absolute Gasteiger partial charge is 0.434 e. The first-order valence-electron chi connectivity index (χ1n) is 11.4. The van der Waals surface area contributed by atoms with Crippen molar-refractivity contribution in [3.8, 4) is 21.7 Å². The summed E-state index contributed by atoms with van der Waals surface area (Å²) in [5.41, 5.74) is 0.0444. The number of aliphatic hydroxyl groups is 1. The Bertz CT molecular complexity index is 1600. The number of anilines is 1. The number of carbonyl (C=O) groups excluding carboxylic acids is 2. The SMILES string of the molecule is CCNC(=O)Nc1cc(-c2nc(C(F)(F)F)cs2)c(-c2ccc3c(=O)c(C(C)=O)cn(CCO)c3c2)cn1. The molecule has 0 spiro atoms. The summed E-state index contributed by atoms with van der Waals surface area (Å²) in [6, 6.07) is 5.63. The lowest BCUT2D eigenvalue weighted by molar-refractivity contribution is -0.140. The number of aromatic nitrogens is 3. The number of pyridine rings is 2. The lowest BCUT2D eigenvalue weighted by Crippen LogP contribution is -2.28. The molecule has 2 amide bonds. The van der Waals surface area contributed by atoms with Gasteiger partial charge < -0.3 is 15.0 Å². The zero-order chi connectivity index (χ0) is 27.6. The summed E-state index contributed by atoms with van der Waals surface area (Å²) in [5.74, 6) is -0.318. The van der Waals surface area contributed by atoms with Crippen molar-refractivity contribution in [2.45, 2.75) is 26.6 Å². The molecule has 0 aliphatic heterocycles. The smallest absolute Gasteiger partial charge is 0.395 e. The summed E-state index contributed by atoms with van der Waals surface area (Å²) in [6.07, 6.45) is -1.87. The van der Waals surface area contributed by atoms with E-state index in [9.17, 15) is 32.7 Å². The number of aliphatic hydroxyl groups excluding tert-OH is 1. The van der Waals surface area contributed by atoms with Gasteiger partial charge in [-0.2, -0.15) is 13.2 Å². The molecule has 0 aliphatic carbocycles. The molecule has 0 saturated carbocycles. The van der Waals surface area contributed by atoms with Gasteiger partial charge in [0.25, 0.3) is 0 Å².